The average Bonchev–Trinajstić information content (AvgIpc) is 3.42. The lowest BCUT2D eigenvalue weighted by atomic mass is 10.1. The number of hydrogen-bond acceptors (Lipinski definition) is 9. The molecule has 0 saturated heterocycles. The molecular weight excluding hydrogens is 1040 g/mol. The fraction of sp³-hybridized carbons (Fsp3) is 0.578. The summed E-state index contributed by atoms with van der Waals surface area (Å²) in [5.74, 6) is 0. The van der Waals surface area contributed by atoms with E-state index in [1.165, 1.54) is 61.4 Å². The highest BCUT2D eigenvalue weighted by molar-refractivity contribution is 7.04. The summed E-state index contributed by atoms with van der Waals surface area (Å²) in [6.45, 7) is 23.3. The molecule has 2 unspecified atom stereocenters. The first-order chi connectivity index (χ1) is 37.1. The summed E-state index contributed by atoms with van der Waals surface area (Å²) in [4.78, 5) is 18.3. The van der Waals surface area contributed by atoms with E-state index in [2.05, 4.69) is 167 Å². The number of aliphatic hydroxyl groups excluding tert-OH is 1. The minimum absolute atomic E-state index is 0. The first-order valence-electron chi connectivity index (χ1n) is 28.4. The highest BCUT2D eigenvalue weighted by Crippen LogP contribution is 2.40. The number of nitrogens with zero attached hydrogens (tertiary/aromatic N) is 6. The van der Waals surface area contributed by atoms with Crippen molar-refractivity contribution in [3.63, 3.8) is 0 Å². The van der Waals surface area contributed by atoms with Crippen molar-refractivity contribution in [1.29, 1.82) is 0 Å². The molecule has 4 rings (SSSR count). The molecule has 0 radical (unpaired) electrons. The topological polar surface area (TPSA) is 212 Å². The predicted octanol–water partition coefficient (Wildman–Crippen LogP) is 15.0. The van der Waals surface area contributed by atoms with Crippen LogP contribution < -0.4 is 20.7 Å². The van der Waals surface area contributed by atoms with Crippen LogP contribution in [-0.4, -0.2) is 97.1 Å². The molecule has 0 aliphatic carbocycles. The zero-order chi connectivity index (χ0) is 56.3. The Hall–Kier alpha value is -5.26. The van der Waals surface area contributed by atoms with Crippen molar-refractivity contribution in [2.45, 2.75) is 201 Å². The number of unbranched alkanes of at least 4 members (excludes halogenated alkanes) is 8. The molecule has 3 N–H and O–H groups in total. The van der Waals surface area contributed by atoms with Gasteiger partial charge in [-0.05, 0) is 63.2 Å². The lowest BCUT2D eigenvalue weighted by Crippen LogP contribution is -2.67. The second kappa shape index (κ2) is 41.7. The van der Waals surface area contributed by atoms with Crippen molar-refractivity contribution >= 4 is 43.3 Å². The van der Waals surface area contributed by atoms with Gasteiger partial charge in [-0.15, -0.1) is 0 Å². The smallest absolute Gasteiger partial charge is 0.431 e. The second-order valence-electron chi connectivity index (χ2n) is 22.2. The van der Waals surface area contributed by atoms with E-state index < -0.39 is 28.6 Å². The number of ether oxygens (including phenoxy) is 4. The van der Waals surface area contributed by atoms with Crippen molar-refractivity contribution < 1.29 is 38.8 Å². The second-order valence-corrected chi connectivity index (χ2v) is 31.3. The molecule has 16 heteroatoms. The van der Waals surface area contributed by atoms with Crippen LogP contribution in [0.3, 0.4) is 0 Å². The van der Waals surface area contributed by atoms with Gasteiger partial charge in [0.2, 0.25) is 0 Å². The third-order valence-corrected chi connectivity index (χ3v) is 25.6. The maximum absolute atomic E-state index is 12.1. The Morgan fingerprint density at radius 1 is 0.600 bits per heavy atom. The van der Waals surface area contributed by atoms with Gasteiger partial charge in [0, 0.05) is 29.5 Å². The minimum Gasteiger partial charge on any atom is -0.431 e. The maximum Gasteiger partial charge on any atom is 0.508 e. The number of carbonyl (C=O) groups excluding carboxylic acids is 1. The van der Waals surface area contributed by atoms with E-state index in [0.717, 1.165) is 48.5 Å². The van der Waals surface area contributed by atoms with Crippen LogP contribution in [0.1, 0.15) is 160 Å². The monoisotopic (exact) mass is 1140 g/mol. The quantitative estimate of drug-likeness (QED) is 0.00884. The van der Waals surface area contributed by atoms with E-state index in [1.807, 2.05) is 36.4 Å². The molecule has 0 bridgehead atoms. The summed E-state index contributed by atoms with van der Waals surface area (Å²) in [5.41, 5.74) is 18.7. The van der Waals surface area contributed by atoms with Gasteiger partial charge in [-0.25, -0.2) is 4.79 Å². The molecule has 0 amide bonds. The number of hydrogen-bond donors (Lipinski definition) is 1. The lowest BCUT2D eigenvalue weighted by Gasteiger charge is -2.45. The summed E-state index contributed by atoms with van der Waals surface area (Å²) in [6, 6.07) is 42.2. The average molecular weight is 1140 g/mol. The molecule has 4 aromatic rings. The van der Waals surface area contributed by atoms with E-state index in [-0.39, 0.29) is 68.5 Å². The largest absolute Gasteiger partial charge is 0.508 e. The Morgan fingerprint density at radius 2 is 1.02 bits per heavy atom. The summed E-state index contributed by atoms with van der Waals surface area (Å²) in [5, 5.41) is 23.3. The number of rotatable bonds is 36. The Morgan fingerprint density at radius 3 is 1.46 bits per heavy atom. The van der Waals surface area contributed by atoms with Crippen LogP contribution in [0.5, 0.6) is 0 Å². The molecule has 14 nitrogen and oxygen atoms in total. The molecule has 0 heterocycles. The molecule has 4 aromatic carbocycles. The lowest BCUT2D eigenvalue weighted by molar-refractivity contribution is 0.00754. The molecule has 0 aromatic heterocycles. The Labute approximate surface area is 485 Å². The zero-order valence-electron chi connectivity index (χ0n) is 48.6. The number of azide groups is 2. The van der Waals surface area contributed by atoms with Crippen LogP contribution in [0.2, 0.25) is 16.1 Å². The van der Waals surface area contributed by atoms with Gasteiger partial charge in [-0.3, -0.25) is 0 Å². The van der Waals surface area contributed by atoms with Crippen LogP contribution in [0.15, 0.2) is 144 Å². The summed E-state index contributed by atoms with van der Waals surface area (Å²) in [7, 11) is -5.13. The first kappa shape index (κ1) is 74.7. The molecule has 4 atom stereocenters. The maximum atomic E-state index is 12.1. The van der Waals surface area contributed by atoms with Gasteiger partial charge in [0.05, 0.1) is 38.0 Å². The number of benzene rings is 4. The highest BCUT2D eigenvalue weighted by atomic mass is 28.4. The van der Waals surface area contributed by atoms with Gasteiger partial charge < -0.3 is 34.0 Å². The van der Waals surface area contributed by atoms with Gasteiger partial charge >= 0.3 is 6.16 Å². The minimum atomic E-state index is -2.78. The van der Waals surface area contributed by atoms with Crippen molar-refractivity contribution in [2.24, 2.45) is 10.2 Å². The summed E-state index contributed by atoms with van der Waals surface area (Å²) in [6.07, 6.45) is 14.5. The van der Waals surface area contributed by atoms with E-state index in [9.17, 15) is 21.0 Å². The Balaban J connectivity index is 0.00000153. The first-order valence-corrected chi connectivity index (χ1v) is 32.5. The van der Waals surface area contributed by atoms with Crippen molar-refractivity contribution in [2.75, 3.05) is 39.6 Å². The third kappa shape index (κ3) is 25.3. The standard InChI is InChI=1S/C33H49N3O5Si.C29H45N3O2Si.2CH4.H2O/c1-6-8-9-10-13-18-29(41-32(37)39-24-7-2)23-25-38-26-28(35-36-34)27-40-42(33(3,4)5,30-19-14-11-15-20-30)31-21-16-12-17-22-31;1-5-6-7-8-11-16-26(33)21-22-34-23-25(31-32-30)24-35(29(2,3)4,27-17-12-9-13-18-27)28-19-14-10-15-20-28;;;/h7,11-12,14-17,19-22,28-29H,2,6,8-10,13,18,23-27H2,1,3-5H3;9-10,12-15,17-20,25-26,33H,5-8,11,16,21-24H2,1-4H3;2*1H4;1H2/t28?,29-;25?,26-;;;/m11.../s1. The number of carbonyl (C=O) groups is 1. The molecule has 80 heavy (non-hydrogen) atoms. The molecule has 0 fully saturated rings. The van der Waals surface area contributed by atoms with E-state index in [0.29, 0.717) is 32.7 Å². The fourth-order valence-corrected chi connectivity index (χ4v) is 20.5. The highest BCUT2D eigenvalue weighted by Gasteiger charge is 2.51. The molecule has 0 saturated carbocycles. The van der Waals surface area contributed by atoms with Crippen LogP contribution in [0.4, 0.5) is 4.79 Å². The van der Waals surface area contributed by atoms with Gasteiger partial charge in [0.1, 0.15) is 20.8 Å². The van der Waals surface area contributed by atoms with Crippen molar-refractivity contribution in [3.05, 3.63) is 155 Å². The van der Waals surface area contributed by atoms with Crippen LogP contribution in [-0.2, 0) is 23.4 Å². The van der Waals surface area contributed by atoms with Gasteiger partial charge in [0.15, 0.2) is 0 Å². The van der Waals surface area contributed by atoms with Crippen LogP contribution >= 0.6 is 0 Å². The van der Waals surface area contributed by atoms with Crippen LogP contribution in [0, 0.1) is 0 Å². The fourth-order valence-electron chi connectivity index (χ4n) is 10.3. The van der Waals surface area contributed by atoms with E-state index >= 15 is 0 Å². The summed E-state index contributed by atoms with van der Waals surface area (Å²) >= 11 is 0. The van der Waals surface area contributed by atoms with Crippen molar-refractivity contribution in [3.8, 4) is 0 Å². The third-order valence-electron chi connectivity index (χ3n) is 14.3. The van der Waals surface area contributed by atoms with Gasteiger partial charge in [-0.1, -0.05) is 283 Å². The Bertz CT molecular complexity index is 2220. The van der Waals surface area contributed by atoms with Crippen molar-refractivity contribution in [1.82, 2.24) is 0 Å². The zero-order valence-corrected chi connectivity index (χ0v) is 50.6. The molecular formula is C64H104N6O8Si2. The summed E-state index contributed by atoms with van der Waals surface area (Å²) < 4.78 is 29.5. The number of aliphatic hydroxyl groups is 1. The molecule has 0 spiro atoms. The molecule has 0 aliphatic heterocycles. The molecule has 0 aliphatic rings. The normalized spacial score (nSPS) is 12.9. The predicted molar refractivity (Wildman–Crippen MR) is 339 cm³/mol. The van der Waals surface area contributed by atoms with E-state index in [1.54, 1.807) is 0 Å². The Kier molecular flexibility index (Phi) is 39.0. The SMILES string of the molecule is C.C.C=CCOC(=O)O[C@H](CCCCCCC)CCOCC(CO[Si](c1ccccc1)(c1ccccc1)C(C)(C)C)N=[N+]=[N-].CCCCCCC[C@@H](O)CCOCC(C[Si](c1ccccc1)(c1ccccc1)C(C)(C)C)N=[N+]=[N-].O. The van der Waals surface area contributed by atoms with E-state index in [4.69, 9.17) is 23.4 Å². The molecule has 446 valence electrons. The van der Waals surface area contributed by atoms with Crippen LogP contribution in [0.25, 0.3) is 20.9 Å². The van der Waals surface area contributed by atoms with Gasteiger partial charge in [-0.2, -0.15) is 0 Å². The van der Waals surface area contributed by atoms with Gasteiger partial charge in [0.25, 0.3) is 8.32 Å².